The number of nitrogen functional groups attached to an aromatic ring is 1. The Morgan fingerprint density at radius 2 is 2.00 bits per heavy atom. The fourth-order valence-corrected chi connectivity index (χ4v) is 2.88. The van der Waals surface area contributed by atoms with Crippen molar-refractivity contribution in [3.8, 4) is 0 Å². The number of thiazole rings is 1. The summed E-state index contributed by atoms with van der Waals surface area (Å²) >= 11 is 1.01. The van der Waals surface area contributed by atoms with Crippen molar-refractivity contribution in [2.24, 2.45) is 0 Å². The second-order valence-electron chi connectivity index (χ2n) is 5.84. The highest BCUT2D eigenvalue weighted by Gasteiger charge is 2.08. The average molecular weight is 403 g/mol. The summed E-state index contributed by atoms with van der Waals surface area (Å²) in [6, 6.07) is 13.4. The monoisotopic (exact) mass is 402 g/mol. The van der Waals surface area contributed by atoms with E-state index in [1.807, 2.05) is 0 Å². The molecule has 1 aromatic heterocycles. The molecule has 5 nitrogen and oxygen atoms in total. The summed E-state index contributed by atoms with van der Waals surface area (Å²) in [7, 11) is 0. The third-order valence-electron chi connectivity index (χ3n) is 3.73. The molecular formula is C22H25N3O2S. The molecule has 1 amide bonds. The maximum absolute atomic E-state index is 12.4. The number of nitrogens with zero attached hydrogens (tertiary/aromatic N) is 1. The van der Waals surface area contributed by atoms with Crippen LogP contribution in [-0.2, 0) is 17.5 Å². The zero-order chi connectivity index (χ0) is 26.1. The normalized spacial score (nSPS) is 18.2. The SMILES string of the molecule is [2H]C([2H])(C(=O)Nc1ccc(C([2H])([2H])C([2H])([2H])CC[C@]([2H])(O)c2ccccc2)cc1)c1csc(N)n1. The van der Waals surface area contributed by atoms with Crippen molar-refractivity contribution >= 4 is 28.1 Å². The molecule has 0 aliphatic carbocycles. The molecule has 1 atom stereocenters. The Labute approximate surface area is 179 Å². The molecular weight excluding hydrogens is 370 g/mol. The van der Waals surface area contributed by atoms with Crippen molar-refractivity contribution in [2.75, 3.05) is 11.1 Å². The lowest BCUT2D eigenvalue weighted by Gasteiger charge is -2.10. The highest BCUT2D eigenvalue weighted by Crippen LogP contribution is 2.20. The van der Waals surface area contributed by atoms with E-state index in [0.29, 0.717) is 0 Å². The molecule has 0 aliphatic rings. The van der Waals surface area contributed by atoms with Crippen molar-refractivity contribution in [1.29, 1.82) is 0 Å². The number of rotatable bonds is 9. The number of amides is 1. The van der Waals surface area contributed by atoms with Gasteiger partial charge in [0, 0.05) is 19.3 Å². The van der Waals surface area contributed by atoms with Gasteiger partial charge < -0.3 is 16.2 Å². The fourth-order valence-electron chi connectivity index (χ4n) is 2.38. The molecule has 0 aliphatic heterocycles. The number of nitrogens with one attached hydrogen (secondary N) is 1. The van der Waals surface area contributed by atoms with Crippen LogP contribution >= 0.6 is 11.3 Å². The van der Waals surface area contributed by atoms with E-state index in [0.717, 1.165) is 11.3 Å². The van der Waals surface area contributed by atoms with Crippen molar-refractivity contribution in [3.05, 3.63) is 76.8 Å². The number of aromatic nitrogens is 1. The summed E-state index contributed by atoms with van der Waals surface area (Å²) in [6.45, 7) is 0. The number of anilines is 2. The Morgan fingerprint density at radius 3 is 2.68 bits per heavy atom. The molecule has 3 aromatic rings. The lowest BCUT2D eigenvalue weighted by atomic mass is 10.0. The smallest absolute Gasteiger partial charge is 0.230 e. The molecule has 0 unspecified atom stereocenters. The predicted octanol–water partition coefficient (Wildman–Crippen LogP) is 4.35. The second kappa shape index (κ2) is 10.0. The molecule has 6 heteroatoms. The number of hydrogen-bond donors (Lipinski definition) is 3. The van der Waals surface area contributed by atoms with Gasteiger partial charge in [-0.25, -0.2) is 4.98 Å². The van der Waals surface area contributed by atoms with Crippen LogP contribution in [0.2, 0.25) is 0 Å². The molecule has 4 N–H and O–H groups in total. The number of hydrogen-bond acceptors (Lipinski definition) is 5. The van der Waals surface area contributed by atoms with E-state index in [4.69, 9.17) is 15.3 Å². The van der Waals surface area contributed by atoms with Gasteiger partial charge in [0.05, 0.1) is 19.5 Å². The Hall–Kier alpha value is -2.70. The minimum atomic E-state index is -2.48. The van der Waals surface area contributed by atoms with Gasteiger partial charge in [0.1, 0.15) is 0 Å². The van der Waals surface area contributed by atoms with Gasteiger partial charge in [0.2, 0.25) is 5.91 Å². The maximum Gasteiger partial charge on any atom is 0.230 e. The van der Waals surface area contributed by atoms with E-state index >= 15 is 0 Å². The molecule has 0 spiro atoms. The van der Waals surface area contributed by atoms with Gasteiger partial charge >= 0.3 is 0 Å². The van der Waals surface area contributed by atoms with E-state index in [1.165, 1.54) is 29.6 Å². The van der Waals surface area contributed by atoms with E-state index in [2.05, 4.69) is 10.3 Å². The number of carbonyl (C=O) groups is 1. The Bertz CT molecular complexity index is 1170. The highest BCUT2D eigenvalue weighted by molar-refractivity contribution is 7.13. The number of aliphatic hydroxyl groups is 1. The molecule has 3 rings (SSSR count). The predicted molar refractivity (Wildman–Crippen MR) is 114 cm³/mol. The number of benzene rings is 2. The van der Waals surface area contributed by atoms with Crippen LogP contribution < -0.4 is 11.1 Å². The van der Waals surface area contributed by atoms with E-state index < -0.39 is 37.5 Å². The third-order valence-corrected chi connectivity index (χ3v) is 4.41. The zero-order valence-corrected chi connectivity index (χ0v) is 15.8. The van der Waals surface area contributed by atoms with Crippen LogP contribution in [-0.4, -0.2) is 16.0 Å². The lowest BCUT2D eigenvalue weighted by Crippen LogP contribution is -2.14. The Kier molecular flexibility index (Phi) is 4.54. The first-order valence-electron chi connectivity index (χ1n) is 12.1. The topological polar surface area (TPSA) is 88.2 Å². The lowest BCUT2D eigenvalue weighted by molar-refractivity contribution is -0.115. The summed E-state index contributed by atoms with van der Waals surface area (Å²) in [4.78, 5) is 16.3. The summed E-state index contributed by atoms with van der Waals surface area (Å²) in [6.07, 6.45) is -10.2. The summed E-state index contributed by atoms with van der Waals surface area (Å²) < 4.78 is 57.6. The molecule has 0 saturated heterocycles. The minimum absolute atomic E-state index is 0.0102. The van der Waals surface area contributed by atoms with Gasteiger partial charge in [-0.1, -0.05) is 48.9 Å². The largest absolute Gasteiger partial charge is 0.388 e. The van der Waals surface area contributed by atoms with Gasteiger partial charge in [0.25, 0.3) is 0 Å². The first-order chi connectivity index (χ1) is 16.2. The van der Waals surface area contributed by atoms with Crippen LogP contribution in [0.4, 0.5) is 10.8 Å². The van der Waals surface area contributed by atoms with Crippen LogP contribution in [0.25, 0.3) is 0 Å². The van der Waals surface area contributed by atoms with E-state index in [1.54, 1.807) is 30.3 Å². The van der Waals surface area contributed by atoms with Crippen molar-refractivity contribution in [3.63, 3.8) is 0 Å². The van der Waals surface area contributed by atoms with Gasteiger partial charge in [-0.2, -0.15) is 0 Å². The van der Waals surface area contributed by atoms with Crippen LogP contribution in [0, 0.1) is 0 Å². The van der Waals surface area contributed by atoms with Gasteiger partial charge in [-0.05, 0) is 42.4 Å². The highest BCUT2D eigenvalue weighted by atomic mass is 32.1. The maximum atomic E-state index is 12.4. The molecule has 2 aromatic carbocycles. The molecule has 146 valence electrons. The molecule has 0 fully saturated rings. The van der Waals surface area contributed by atoms with Crippen molar-refractivity contribution < 1.29 is 19.5 Å². The quantitative estimate of drug-likeness (QED) is 0.496. The van der Waals surface area contributed by atoms with Crippen LogP contribution in [0.15, 0.2) is 60.0 Å². The van der Waals surface area contributed by atoms with Gasteiger partial charge in [-0.3, -0.25) is 4.79 Å². The number of aryl methyl sites for hydroxylation is 1. The number of carbonyl (C=O) groups excluding carboxylic acids is 1. The molecule has 28 heavy (non-hydrogen) atoms. The van der Waals surface area contributed by atoms with Crippen LogP contribution in [0.1, 0.15) is 51.7 Å². The van der Waals surface area contributed by atoms with Crippen molar-refractivity contribution in [1.82, 2.24) is 4.98 Å². The van der Waals surface area contributed by atoms with E-state index in [9.17, 15) is 9.90 Å². The summed E-state index contributed by atoms with van der Waals surface area (Å²) in [5.41, 5.74) is 5.86. The van der Waals surface area contributed by atoms with Gasteiger partial charge in [0.15, 0.2) is 5.13 Å². The van der Waals surface area contributed by atoms with Crippen LogP contribution in [0.5, 0.6) is 0 Å². The fraction of sp³-hybridized carbons (Fsp3) is 0.273. The number of nitrogens with two attached hydrogens (primary N) is 1. The second-order valence-corrected chi connectivity index (χ2v) is 6.73. The van der Waals surface area contributed by atoms with Crippen LogP contribution in [0.3, 0.4) is 0 Å². The standard InChI is InChI=1S/C22H25N3O2S/c23-22-25-19(15-28-22)14-21(27)24-18-12-10-16(11-13-18)6-4-5-9-20(26)17-7-2-1-3-8-17/h1-3,7-8,10-13,15,20,26H,4-6,9,14H2,(H2,23,25)(H,24,27)/t20-/m0/s1/i4D2,6D2,14D2,20D. The molecule has 1 heterocycles. The van der Waals surface area contributed by atoms with E-state index in [-0.39, 0.29) is 34.1 Å². The molecule has 0 radical (unpaired) electrons. The van der Waals surface area contributed by atoms with Gasteiger partial charge in [-0.15, -0.1) is 11.3 Å². The molecule has 0 bridgehead atoms. The summed E-state index contributed by atoms with van der Waals surface area (Å²) in [5, 5.41) is 14.3. The molecule has 0 saturated carbocycles. The summed E-state index contributed by atoms with van der Waals surface area (Å²) in [5.74, 6) is -0.982. The van der Waals surface area contributed by atoms with Crippen molar-refractivity contribution in [2.45, 2.75) is 38.0 Å². The minimum Gasteiger partial charge on any atom is -0.388 e. The first-order valence-corrected chi connectivity index (χ1v) is 9.46. The zero-order valence-electron chi connectivity index (χ0n) is 22.0. The first kappa shape index (κ1) is 12.7. The Balaban J connectivity index is 1.70. The third kappa shape index (κ3) is 6.18. The Morgan fingerprint density at radius 1 is 1.25 bits per heavy atom. The average Bonchev–Trinajstić information content (AvgIpc) is 3.26.